The first-order valence-electron chi connectivity index (χ1n) is 8.84. The maximum absolute atomic E-state index is 13.0. The predicted molar refractivity (Wildman–Crippen MR) is 97.5 cm³/mol. The van der Waals surface area contributed by atoms with Gasteiger partial charge in [-0.3, -0.25) is 4.79 Å². The van der Waals surface area contributed by atoms with Gasteiger partial charge in [0.2, 0.25) is 12.3 Å². The molecule has 0 atom stereocenters. The Balaban J connectivity index is 0.00000225. The van der Waals surface area contributed by atoms with Gasteiger partial charge in [-0.25, -0.2) is 0 Å². The second kappa shape index (κ2) is 7.18. The Hall–Kier alpha value is -1.23. The molecule has 3 rings (SSSR count). The highest BCUT2D eigenvalue weighted by Crippen LogP contribution is 2.42. The van der Waals surface area contributed by atoms with Gasteiger partial charge >= 0.3 is 0 Å². The average Bonchev–Trinajstić information content (AvgIpc) is 2.82. The molecule has 1 heterocycles. The first-order valence-corrected chi connectivity index (χ1v) is 8.84. The van der Waals surface area contributed by atoms with Crippen molar-refractivity contribution >= 4 is 5.78 Å². The van der Waals surface area contributed by atoms with Crippen molar-refractivity contribution in [1.82, 2.24) is 0 Å². The van der Waals surface area contributed by atoms with Crippen LogP contribution in [0.4, 0.5) is 0 Å². The lowest BCUT2D eigenvalue weighted by atomic mass is 9.79. The summed E-state index contributed by atoms with van der Waals surface area (Å²) in [6.45, 7) is 11.7. The Morgan fingerprint density at radius 3 is 2.36 bits per heavy atom. The molecule has 0 spiro atoms. The van der Waals surface area contributed by atoms with Gasteiger partial charge in [0.05, 0.1) is 0 Å². The third-order valence-electron chi connectivity index (χ3n) is 5.25. The van der Waals surface area contributed by atoms with E-state index in [1.54, 1.807) is 0 Å². The standard InChI is InChI=1S/C22H28NO.HI/c1-21(2,3)16-13-18(17-9-10-22(4,5)19(17)14-16)20(24)15-23-11-7-6-8-12-23;/h6-8,11-14H,9-10,15H2,1-5H3;1H/q+1;/p-1. The van der Waals surface area contributed by atoms with E-state index in [4.69, 9.17) is 0 Å². The lowest BCUT2D eigenvalue weighted by Gasteiger charge is -2.25. The molecule has 0 saturated carbocycles. The molecule has 1 aliphatic carbocycles. The number of hydrogen-bond donors (Lipinski definition) is 0. The summed E-state index contributed by atoms with van der Waals surface area (Å²) in [5.74, 6) is 0.214. The first-order chi connectivity index (χ1) is 11.2. The monoisotopic (exact) mass is 449 g/mol. The Kier molecular flexibility index (Phi) is 5.77. The van der Waals surface area contributed by atoms with Crippen LogP contribution in [0.5, 0.6) is 0 Å². The Morgan fingerprint density at radius 1 is 1.12 bits per heavy atom. The maximum atomic E-state index is 13.0. The maximum Gasteiger partial charge on any atom is 0.227 e. The third kappa shape index (κ3) is 4.13. The lowest BCUT2D eigenvalue weighted by molar-refractivity contribution is -0.683. The van der Waals surface area contributed by atoms with E-state index in [2.05, 4.69) is 46.8 Å². The van der Waals surface area contributed by atoms with Crippen molar-refractivity contribution in [3.8, 4) is 0 Å². The fourth-order valence-electron chi connectivity index (χ4n) is 3.59. The highest BCUT2D eigenvalue weighted by Gasteiger charge is 2.34. The fourth-order valence-corrected chi connectivity index (χ4v) is 3.59. The summed E-state index contributed by atoms with van der Waals surface area (Å²) < 4.78 is 1.96. The van der Waals surface area contributed by atoms with E-state index in [0.29, 0.717) is 6.54 Å². The molecule has 0 unspecified atom stereocenters. The van der Waals surface area contributed by atoms with E-state index in [0.717, 1.165) is 18.4 Å². The zero-order valence-electron chi connectivity index (χ0n) is 15.9. The van der Waals surface area contributed by atoms with Gasteiger partial charge in [0.1, 0.15) is 0 Å². The Labute approximate surface area is 168 Å². The van der Waals surface area contributed by atoms with Crippen molar-refractivity contribution in [2.24, 2.45) is 0 Å². The first kappa shape index (κ1) is 20.1. The number of benzene rings is 1. The molecule has 2 aromatic rings. The quantitative estimate of drug-likeness (QED) is 0.394. The van der Waals surface area contributed by atoms with Crippen molar-refractivity contribution in [3.63, 3.8) is 0 Å². The highest BCUT2D eigenvalue weighted by atomic mass is 127. The summed E-state index contributed by atoms with van der Waals surface area (Å²) in [6.07, 6.45) is 6.04. The van der Waals surface area contributed by atoms with Gasteiger partial charge in [-0.15, -0.1) is 0 Å². The van der Waals surface area contributed by atoms with Crippen LogP contribution in [0.25, 0.3) is 0 Å². The molecule has 0 amide bonds. The van der Waals surface area contributed by atoms with Gasteiger partial charge in [-0.2, -0.15) is 4.57 Å². The summed E-state index contributed by atoms with van der Waals surface area (Å²) in [7, 11) is 0. The van der Waals surface area contributed by atoms with E-state index in [-0.39, 0.29) is 40.6 Å². The summed E-state index contributed by atoms with van der Waals surface area (Å²) >= 11 is 0. The van der Waals surface area contributed by atoms with Gasteiger partial charge in [0.25, 0.3) is 0 Å². The van der Waals surface area contributed by atoms with Crippen molar-refractivity contribution in [1.29, 1.82) is 0 Å². The van der Waals surface area contributed by atoms with E-state index in [1.165, 1.54) is 16.7 Å². The zero-order valence-corrected chi connectivity index (χ0v) is 18.1. The van der Waals surface area contributed by atoms with E-state index < -0.39 is 0 Å². The molecule has 0 aliphatic heterocycles. The van der Waals surface area contributed by atoms with Crippen LogP contribution in [0.3, 0.4) is 0 Å². The van der Waals surface area contributed by atoms with Gasteiger partial charge < -0.3 is 24.0 Å². The van der Waals surface area contributed by atoms with Crippen molar-refractivity contribution in [2.75, 3.05) is 0 Å². The van der Waals surface area contributed by atoms with Crippen molar-refractivity contribution < 1.29 is 33.3 Å². The van der Waals surface area contributed by atoms with Gasteiger partial charge in [-0.1, -0.05) is 46.8 Å². The van der Waals surface area contributed by atoms with Crippen LogP contribution in [0, 0.1) is 0 Å². The summed E-state index contributed by atoms with van der Waals surface area (Å²) in [4.78, 5) is 13.0. The number of fused-ring (bicyclic) bond motifs is 1. The van der Waals surface area contributed by atoms with Gasteiger partial charge in [0, 0.05) is 17.7 Å². The number of nitrogens with zero attached hydrogens (tertiary/aromatic N) is 1. The predicted octanol–water partition coefficient (Wildman–Crippen LogP) is 1.38. The van der Waals surface area contributed by atoms with Gasteiger partial charge in [-0.05, 0) is 46.4 Å². The lowest BCUT2D eigenvalue weighted by Crippen LogP contribution is -3.00. The molecule has 0 radical (unpaired) electrons. The minimum atomic E-state index is 0. The molecular formula is C22H28INO. The normalized spacial score (nSPS) is 15.4. The van der Waals surface area contributed by atoms with Crippen LogP contribution < -0.4 is 28.5 Å². The summed E-state index contributed by atoms with van der Waals surface area (Å²) in [5, 5.41) is 0. The number of ketones is 1. The third-order valence-corrected chi connectivity index (χ3v) is 5.25. The van der Waals surface area contributed by atoms with E-state index in [1.807, 2.05) is 35.2 Å². The van der Waals surface area contributed by atoms with Crippen LogP contribution in [-0.4, -0.2) is 5.78 Å². The molecule has 0 bridgehead atoms. The largest absolute Gasteiger partial charge is 1.00 e. The molecule has 0 saturated heterocycles. The Morgan fingerprint density at radius 2 is 1.76 bits per heavy atom. The summed E-state index contributed by atoms with van der Waals surface area (Å²) in [6, 6.07) is 10.4. The molecule has 1 aromatic heterocycles. The van der Waals surface area contributed by atoms with Crippen LogP contribution in [-0.2, 0) is 23.8 Å². The molecule has 3 heteroatoms. The molecular weight excluding hydrogens is 421 g/mol. The van der Waals surface area contributed by atoms with Crippen LogP contribution in [0.15, 0.2) is 42.7 Å². The SMILES string of the molecule is CC(C)(C)c1cc(C(=O)C[n+]2ccccc2)c2c(c1)C(C)(C)CC2.[I-]. The molecule has 2 nitrogen and oxygen atoms in total. The molecule has 134 valence electrons. The Bertz CT molecular complexity index is 773. The van der Waals surface area contributed by atoms with Crippen molar-refractivity contribution in [3.05, 3.63) is 65.0 Å². The highest BCUT2D eigenvalue weighted by molar-refractivity contribution is 5.97. The summed E-state index contributed by atoms with van der Waals surface area (Å²) in [5.41, 5.74) is 5.04. The molecule has 1 aliphatic rings. The minimum Gasteiger partial charge on any atom is -1.00 e. The molecule has 0 fully saturated rings. The van der Waals surface area contributed by atoms with Crippen LogP contribution >= 0.6 is 0 Å². The average molecular weight is 449 g/mol. The van der Waals surface area contributed by atoms with Crippen LogP contribution in [0.1, 0.15) is 68.1 Å². The second-order valence-corrected chi connectivity index (χ2v) is 8.65. The number of halogens is 1. The van der Waals surface area contributed by atoms with Crippen LogP contribution in [0.2, 0.25) is 0 Å². The number of hydrogen-bond acceptors (Lipinski definition) is 1. The van der Waals surface area contributed by atoms with Gasteiger partial charge in [0.15, 0.2) is 12.4 Å². The van der Waals surface area contributed by atoms with Crippen molar-refractivity contribution in [2.45, 2.75) is 64.8 Å². The molecule has 25 heavy (non-hydrogen) atoms. The number of pyridine rings is 1. The number of carbonyl (C=O) groups is 1. The minimum absolute atomic E-state index is 0. The van der Waals surface area contributed by atoms with E-state index in [9.17, 15) is 4.79 Å². The number of Topliss-reactive ketones (excluding diaryl/α,β-unsaturated/α-hetero) is 1. The van der Waals surface area contributed by atoms with E-state index >= 15 is 0 Å². The molecule has 1 aromatic carbocycles. The number of rotatable bonds is 3. The number of aromatic nitrogens is 1. The topological polar surface area (TPSA) is 20.9 Å². The number of carbonyl (C=O) groups excluding carboxylic acids is 1. The zero-order chi connectivity index (χ0) is 17.5. The smallest absolute Gasteiger partial charge is 0.227 e. The molecule has 0 N–H and O–H groups in total. The second-order valence-electron chi connectivity index (χ2n) is 8.65. The fraction of sp³-hybridized carbons (Fsp3) is 0.455.